The van der Waals surface area contributed by atoms with Crippen LogP contribution in [-0.2, 0) is 0 Å². The number of amides is 1. The minimum absolute atomic E-state index is 0.0711. The van der Waals surface area contributed by atoms with E-state index in [2.05, 4.69) is 20.6 Å². The minimum atomic E-state index is -0.299. The first kappa shape index (κ1) is 9.89. The first-order valence-corrected chi connectivity index (χ1v) is 5.42. The fraction of sp³-hybridized carbons (Fsp3) is 0.167. The fourth-order valence-electron chi connectivity index (χ4n) is 2.06. The average molecular weight is 228 g/mol. The number of nitrogens with zero attached hydrogens (tertiary/aromatic N) is 1. The van der Waals surface area contributed by atoms with Crippen molar-refractivity contribution in [3.8, 4) is 0 Å². The topological polar surface area (TPSA) is 69.8 Å². The summed E-state index contributed by atoms with van der Waals surface area (Å²) in [6.07, 6.45) is 3.09. The molecule has 1 aliphatic heterocycles. The summed E-state index contributed by atoms with van der Waals surface area (Å²) in [5.41, 5.74) is 2.51. The molecule has 0 bridgehead atoms. The van der Waals surface area contributed by atoms with E-state index in [1.807, 2.05) is 25.1 Å². The molecule has 0 unspecified atom stereocenters. The SMILES string of the molecule is Cc1cccc2c1C(=O)N[C@@H](c1ncc[nH]1)N2. The maximum absolute atomic E-state index is 12.0. The Morgan fingerprint density at radius 1 is 1.29 bits per heavy atom. The Hall–Kier alpha value is -2.30. The van der Waals surface area contributed by atoms with Gasteiger partial charge in [-0.05, 0) is 18.6 Å². The molecule has 3 N–H and O–H groups in total. The summed E-state index contributed by atoms with van der Waals surface area (Å²) >= 11 is 0. The standard InChI is InChI=1S/C12H12N4O/c1-7-3-2-4-8-9(7)12(17)16-11(15-8)10-13-5-6-14-10/h2-6,11,15H,1H3,(H,13,14)(H,16,17)/t11-/m0/s1. The first-order valence-electron chi connectivity index (χ1n) is 5.42. The number of rotatable bonds is 1. The number of aromatic amines is 1. The lowest BCUT2D eigenvalue weighted by atomic mass is 10.0. The van der Waals surface area contributed by atoms with Crippen molar-refractivity contribution in [3.63, 3.8) is 0 Å². The molecule has 5 heteroatoms. The highest BCUT2D eigenvalue weighted by atomic mass is 16.2. The van der Waals surface area contributed by atoms with E-state index in [0.29, 0.717) is 11.4 Å². The Morgan fingerprint density at radius 3 is 2.94 bits per heavy atom. The van der Waals surface area contributed by atoms with Gasteiger partial charge in [-0.2, -0.15) is 0 Å². The number of benzene rings is 1. The smallest absolute Gasteiger partial charge is 0.255 e. The zero-order valence-corrected chi connectivity index (χ0v) is 9.32. The minimum Gasteiger partial charge on any atom is -0.358 e. The van der Waals surface area contributed by atoms with Gasteiger partial charge in [0.1, 0.15) is 5.82 Å². The second kappa shape index (κ2) is 3.62. The van der Waals surface area contributed by atoms with Gasteiger partial charge >= 0.3 is 0 Å². The number of imidazole rings is 1. The van der Waals surface area contributed by atoms with Gasteiger partial charge in [-0.25, -0.2) is 4.98 Å². The van der Waals surface area contributed by atoms with Crippen molar-refractivity contribution in [1.82, 2.24) is 15.3 Å². The number of nitrogens with one attached hydrogen (secondary N) is 3. The van der Waals surface area contributed by atoms with Crippen LogP contribution in [0.2, 0.25) is 0 Å². The number of hydrogen-bond acceptors (Lipinski definition) is 3. The zero-order chi connectivity index (χ0) is 11.8. The van der Waals surface area contributed by atoms with Crippen LogP contribution >= 0.6 is 0 Å². The molecule has 1 aliphatic rings. The lowest BCUT2D eigenvalue weighted by Gasteiger charge is -2.27. The summed E-state index contributed by atoms with van der Waals surface area (Å²) < 4.78 is 0. The van der Waals surface area contributed by atoms with Gasteiger partial charge in [0.25, 0.3) is 5.91 Å². The molecular formula is C12H12N4O. The molecule has 1 aromatic carbocycles. The molecule has 2 heterocycles. The fourth-order valence-corrected chi connectivity index (χ4v) is 2.06. The average Bonchev–Trinajstić information content (AvgIpc) is 2.81. The maximum atomic E-state index is 12.0. The van der Waals surface area contributed by atoms with Crippen molar-refractivity contribution < 1.29 is 4.79 Å². The van der Waals surface area contributed by atoms with Gasteiger partial charge in [0.05, 0.1) is 5.56 Å². The number of hydrogen-bond donors (Lipinski definition) is 3. The molecule has 86 valence electrons. The maximum Gasteiger partial charge on any atom is 0.255 e. The Bertz CT molecular complexity index is 562. The quantitative estimate of drug-likeness (QED) is 0.694. The number of carbonyl (C=O) groups is 1. The van der Waals surface area contributed by atoms with Gasteiger partial charge in [0.2, 0.25) is 0 Å². The van der Waals surface area contributed by atoms with Crippen LogP contribution in [0, 0.1) is 6.92 Å². The molecule has 0 saturated heterocycles. The van der Waals surface area contributed by atoms with Crippen molar-refractivity contribution >= 4 is 11.6 Å². The van der Waals surface area contributed by atoms with Gasteiger partial charge in [-0.3, -0.25) is 4.79 Å². The van der Waals surface area contributed by atoms with Crippen molar-refractivity contribution in [2.45, 2.75) is 13.1 Å². The molecule has 5 nitrogen and oxygen atoms in total. The largest absolute Gasteiger partial charge is 0.358 e. The Balaban J connectivity index is 2.02. The van der Waals surface area contributed by atoms with Crippen LogP contribution in [0.25, 0.3) is 0 Å². The molecular weight excluding hydrogens is 216 g/mol. The first-order chi connectivity index (χ1) is 8.25. The predicted octanol–water partition coefficient (Wildman–Crippen LogP) is 1.57. The van der Waals surface area contributed by atoms with Crippen LogP contribution in [-0.4, -0.2) is 15.9 Å². The van der Waals surface area contributed by atoms with Crippen LogP contribution in [0.4, 0.5) is 5.69 Å². The van der Waals surface area contributed by atoms with Crippen molar-refractivity contribution in [3.05, 3.63) is 47.5 Å². The van der Waals surface area contributed by atoms with Crippen LogP contribution in [0.5, 0.6) is 0 Å². The number of H-pyrrole nitrogens is 1. The van der Waals surface area contributed by atoms with Crippen molar-refractivity contribution in [2.75, 3.05) is 5.32 Å². The summed E-state index contributed by atoms with van der Waals surface area (Å²) in [6, 6.07) is 5.75. The van der Waals surface area contributed by atoms with Crippen molar-refractivity contribution in [2.24, 2.45) is 0 Å². The predicted molar refractivity (Wildman–Crippen MR) is 63.6 cm³/mol. The number of carbonyl (C=O) groups excluding carboxylic acids is 1. The second-order valence-corrected chi connectivity index (χ2v) is 4.02. The molecule has 0 fully saturated rings. The molecule has 0 aliphatic carbocycles. The van der Waals surface area contributed by atoms with Gasteiger partial charge < -0.3 is 15.6 Å². The highest BCUT2D eigenvalue weighted by Gasteiger charge is 2.26. The van der Waals surface area contributed by atoms with Crippen LogP contribution in [0.3, 0.4) is 0 Å². The Labute approximate surface area is 98.3 Å². The zero-order valence-electron chi connectivity index (χ0n) is 9.32. The monoisotopic (exact) mass is 228 g/mol. The van der Waals surface area contributed by atoms with E-state index >= 15 is 0 Å². The van der Waals surface area contributed by atoms with Crippen molar-refractivity contribution in [1.29, 1.82) is 0 Å². The van der Waals surface area contributed by atoms with Crippen LogP contribution in [0.15, 0.2) is 30.6 Å². The third kappa shape index (κ3) is 1.56. The number of anilines is 1. The molecule has 0 radical (unpaired) electrons. The highest BCUT2D eigenvalue weighted by Crippen LogP contribution is 2.27. The van der Waals surface area contributed by atoms with E-state index in [-0.39, 0.29) is 12.1 Å². The molecule has 3 rings (SSSR count). The molecule has 17 heavy (non-hydrogen) atoms. The van der Waals surface area contributed by atoms with E-state index in [0.717, 1.165) is 11.3 Å². The van der Waals surface area contributed by atoms with Gasteiger partial charge in [-0.15, -0.1) is 0 Å². The van der Waals surface area contributed by atoms with Crippen LogP contribution in [0.1, 0.15) is 27.9 Å². The molecule has 1 amide bonds. The van der Waals surface area contributed by atoms with E-state index < -0.39 is 0 Å². The summed E-state index contributed by atoms with van der Waals surface area (Å²) in [6.45, 7) is 1.92. The highest BCUT2D eigenvalue weighted by molar-refractivity contribution is 6.02. The van der Waals surface area contributed by atoms with Crippen LogP contribution < -0.4 is 10.6 Å². The number of aromatic nitrogens is 2. The Morgan fingerprint density at radius 2 is 2.18 bits per heavy atom. The number of aryl methyl sites for hydroxylation is 1. The molecule has 0 saturated carbocycles. The molecule has 1 aromatic heterocycles. The lowest BCUT2D eigenvalue weighted by Crippen LogP contribution is -2.39. The third-order valence-electron chi connectivity index (χ3n) is 2.87. The van der Waals surface area contributed by atoms with E-state index in [9.17, 15) is 4.79 Å². The van der Waals surface area contributed by atoms with Gasteiger partial charge in [0.15, 0.2) is 6.17 Å². The van der Waals surface area contributed by atoms with E-state index in [1.54, 1.807) is 12.4 Å². The summed E-state index contributed by atoms with van der Waals surface area (Å²) in [7, 11) is 0. The molecule has 1 atom stereocenters. The van der Waals surface area contributed by atoms with E-state index in [1.165, 1.54) is 0 Å². The second-order valence-electron chi connectivity index (χ2n) is 4.02. The van der Waals surface area contributed by atoms with Gasteiger partial charge in [-0.1, -0.05) is 12.1 Å². The summed E-state index contributed by atoms with van der Waals surface area (Å²) in [4.78, 5) is 19.1. The molecule has 2 aromatic rings. The van der Waals surface area contributed by atoms with Gasteiger partial charge in [0, 0.05) is 18.1 Å². The summed E-state index contributed by atoms with van der Waals surface area (Å²) in [5.74, 6) is 0.628. The third-order valence-corrected chi connectivity index (χ3v) is 2.87. The normalized spacial score (nSPS) is 18.2. The molecule has 0 spiro atoms. The lowest BCUT2D eigenvalue weighted by molar-refractivity contribution is 0.0933. The number of fused-ring (bicyclic) bond motifs is 1. The van der Waals surface area contributed by atoms with E-state index in [4.69, 9.17) is 0 Å². The summed E-state index contributed by atoms with van der Waals surface area (Å²) in [5, 5.41) is 6.12. The Kier molecular flexibility index (Phi) is 2.11.